The second-order valence-electron chi connectivity index (χ2n) is 2.76. The molecule has 0 saturated carbocycles. The Morgan fingerprint density at radius 2 is 2.27 bits per heavy atom. The van der Waals surface area contributed by atoms with Gasteiger partial charge in [-0.1, -0.05) is 37.9 Å². The maximum Gasteiger partial charge on any atom is 0.322 e. The van der Waals surface area contributed by atoms with Crippen molar-refractivity contribution < 1.29 is 14.3 Å². The molecule has 15 heavy (non-hydrogen) atoms. The minimum Gasteiger partial charge on any atom is -0.492 e. The van der Waals surface area contributed by atoms with Crippen LogP contribution in [0.3, 0.4) is 0 Å². The van der Waals surface area contributed by atoms with Crippen molar-refractivity contribution in [3.05, 3.63) is 28.7 Å². The summed E-state index contributed by atoms with van der Waals surface area (Å²) >= 11 is 6.50. The highest BCUT2D eigenvalue weighted by atomic mass is 79.9. The molecular weight excluding hydrogens is 328 g/mol. The summed E-state index contributed by atoms with van der Waals surface area (Å²) < 4.78 is 10.9. The van der Waals surface area contributed by atoms with Gasteiger partial charge in [-0.15, -0.1) is 0 Å². The first-order chi connectivity index (χ1) is 7.13. The summed E-state index contributed by atoms with van der Waals surface area (Å²) in [5.74, 6) is 0.364. The molecule has 0 saturated heterocycles. The number of esters is 1. The molecule has 1 rings (SSSR count). The maximum absolute atomic E-state index is 11.0. The zero-order chi connectivity index (χ0) is 11.3. The molecule has 0 N–H and O–H groups in total. The van der Waals surface area contributed by atoms with E-state index in [0.29, 0.717) is 5.75 Å². The molecule has 0 heterocycles. The van der Waals surface area contributed by atoms with Crippen LogP contribution in [0.1, 0.15) is 0 Å². The van der Waals surface area contributed by atoms with Crippen molar-refractivity contribution >= 4 is 37.8 Å². The number of alkyl halides is 1. The lowest BCUT2D eigenvalue weighted by Crippen LogP contribution is -2.22. The van der Waals surface area contributed by atoms with E-state index in [9.17, 15) is 4.79 Å². The van der Waals surface area contributed by atoms with Gasteiger partial charge in [0.15, 0.2) is 0 Å². The molecule has 0 aliphatic carbocycles. The molecule has 1 atom stereocenters. The van der Waals surface area contributed by atoms with Crippen LogP contribution < -0.4 is 4.74 Å². The highest BCUT2D eigenvalue weighted by Gasteiger charge is 2.15. The Kier molecular flexibility index (Phi) is 5.11. The summed E-state index contributed by atoms with van der Waals surface area (Å²) in [6.07, 6.45) is 0. The summed E-state index contributed by atoms with van der Waals surface area (Å²) in [6, 6.07) is 7.42. The van der Waals surface area contributed by atoms with Gasteiger partial charge in [0.2, 0.25) is 0 Å². The minimum atomic E-state index is -0.443. The van der Waals surface area contributed by atoms with E-state index in [4.69, 9.17) is 4.74 Å². The number of hydrogen-bond donors (Lipinski definition) is 0. The van der Waals surface area contributed by atoms with Crippen molar-refractivity contribution in [3.63, 3.8) is 0 Å². The molecule has 0 bridgehead atoms. The van der Waals surface area contributed by atoms with Crippen LogP contribution >= 0.6 is 31.9 Å². The first-order valence-electron chi connectivity index (χ1n) is 4.23. The van der Waals surface area contributed by atoms with Crippen molar-refractivity contribution in [1.29, 1.82) is 0 Å². The fourth-order valence-electron chi connectivity index (χ4n) is 0.922. The van der Waals surface area contributed by atoms with Gasteiger partial charge in [-0.3, -0.25) is 4.79 Å². The first kappa shape index (κ1) is 12.5. The predicted molar refractivity (Wildman–Crippen MR) is 64.4 cm³/mol. The molecule has 1 aromatic rings. The van der Waals surface area contributed by atoms with E-state index in [0.717, 1.165) is 4.47 Å². The van der Waals surface area contributed by atoms with Gasteiger partial charge in [-0.05, 0) is 18.2 Å². The molecular formula is C10H10Br2O3. The number of carbonyl (C=O) groups is 1. The molecule has 1 aromatic carbocycles. The van der Waals surface area contributed by atoms with Gasteiger partial charge in [0.05, 0.1) is 7.11 Å². The Morgan fingerprint density at radius 3 is 2.87 bits per heavy atom. The maximum atomic E-state index is 11.0. The fraction of sp³-hybridized carbons (Fsp3) is 0.300. The minimum absolute atomic E-state index is 0.239. The van der Waals surface area contributed by atoms with Crippen LogP contribution in [-0.2, 0) is 9.53 Å². The van der Waals surface area contributed by atoms with Gasteiger partial charge in [-0.25, -0.2) is 0 Å². The van der Waals surface area contributed by atoms with Gasteiger partial charge in [-0.2, -0.15) is 0 Å². The topological polar surface area (TPSA) is 35.5 Å². The lowest BCUT2D eigenvalue weighted by atomic mass is 10.3. The third-order valence-corrected chi connectivity index (χ3v) is 2.78. The molecule has 0 radical (unpaired) electrons. The second kappa shape index (κ2) is 6.12. The fourth-order valence-corrected chi connectivity index (χ4v) is 1.62. The number of carbonyl (C=O) groups excluding carboxylic acids is 1. The Labute approximate surface area is 105 Å². The van der Waals surface area contributed by atoms with E-state index < -0.39 is 4.83 Å². The highest BCUT2D eigenvalue weighted by molar-refractivity contribution is 9.10. The second-order valence-corrected chi connectivity index (χ2v) is 4.78. The zero-order valence-electron chi connectivity index (χ0n) is 8.07. The van der Waals surface area contributed by atoms with Gasteiger partial charge in [0, 0.05) is 4.47 Å². The summed E-state index contributed by atoms with van der Waals surface area (Å²) in [5, 5.41) is 0. The monoisotopic (exact) mass is 336 g/mol. The Hall–Kier alpha value is -0.550. The average Bonchev–Trinajstić information content (AvgIpc) is 2.25. The third-order valence-electron chi connectivity index (χ3n) is 1.65. The van der Waals surface area contributed by atoms with Crippen LogP contribution in [0.15, 0.2) is 28.7 Å². The largest absolute Gasteiger partial charge is 0.492 e. The first-order valence-corrected chi connectivity index (χ1v) is 5.94. The molecule has 0 amide bonds. The summed E-state index contributed by atoms with van der Waals surface area (Å²) in [7, 11) is 1.34. The van der Waals surface area contributed by atoms with E-state index in [1.165, 1.54) is 7.11 Å². The highest BCUT2D eigenvalue weighted by Crippen LogP contribution is 2.18. The number of hydrogen-bond acceptors (Lipinski definition) is 3. The SMILES string of the molecule is COC(=O)C(Br)COc1cccc(Br)c1. The van der Waals surface area contributed by atoms with Crippen molar-refractivity contribution in [2.75, 3.05) is 13.7 Å². The van der Waals surface area contributed by atoms with Gasteiger partial charge < -0.3 is 9.47 Å². The third kappa shape index (κ3) is 4.22. The summed E-state index contributed by atoms with van der Waals surface area (Å²) in [4.78, 5) is 10.6. The number of methoxy groups -OCH3 is 1. The molecule has 5 heteroatoms. The van der Waals surface area contributed by atoms with Crippen LogP contribution in [0.5, 0.6) is 5.75 Å². The molecule has 82 valence electrons. The van der Waals surface area contributed by atoms with Crippen LogP contribution in [0.2, 0.25) is 0 Å². The Morgan fingerprint density at radius 1 is 1.53 bits per heavy atom. The van der Waals surface area contributed by atoms with E-state index in [-0.39, 0.29) is 12.6 Å². The van der Waals surface area contributed by atoms with E-state index >= 15 is 0 Å². The number of ether oxygens (including phenoxy) is 2. The van der Waals surface area contributed by atoms with Gasteiger partial charge in [0.25, 0.3) is 0 Å². The molecule has 1 unspecified atom stereocenters. The number of rotatable bonds is 4. The number of halogens is 2. The smallest absolute Gasteiger partial charge is 0.322 e. The van der Waals surface area contributed by atoms with Gasteiger partial charge in [0.1, 0.15) is 17.2 Å². The molecule has 0 aliphatic rings. The standard InChI is InChI=1S/C10H10Br2O3/c1-14-10(13)9(12)6-15-8-4-2-3-7(11)5-8/h2-5,9H,6H2,1H3. The van der Waals surface area contributed by atoms with Crippen molar-refractivity contribution in [2.24, 2.45) is 0 Å². The predicted octanol–water partition coefficient (Wildman–Crippen LogP) is 2.76. The Balaban J connectivity index is 2.47. The molecule has 0 spiro atoms. The Bertz CT molecular complexity index is 341. The lowest BCUT2D eigenvalue weighted by Gasteiger charge is -2.09. The van der Waals surface area contributed by atoms with Crippen molar-refractivity contribution in [2.45, 2.75) is 4.83 Å². The normalized spacial score (nSPS) is 11.9. The van der Waals surface area contributed by atoms with E-state index in [1.807, 2.05) is 24.3 Å². The zero-order valence-corrected chi connectivity index (χ0v) is 11.2. The molecule has 0 fully saturated rings. The van der Waals surface area contributed by atoms with Crippen LogP contribution in [0.25, 0.3) is 0 Å². The van der Waals surface area contributed by atoms with Crippen LogP contribution in [-0.4, -0.2) is 24.5 Å². The van der Waals surface area contributed by atoms with Crippen LogP contribution in [0.4, 0.5) is 0 Å². The average molecular weight is 338 g/mol. The van der Waals surface area contributed by atoms with Crippen LogP contribution in [0, 0.1) is 0 Å². The molecule has 0 aliphatic heterocycles. The number of benzene rings is 1. The summed E-state index contributed by atoms with van der Waals surface area (Å²) in [6.45, 7) is 0.239. The van der Waals surface area contributed by atoms with Gasteiger partial charge >= 0.3 is 5.97 Å². The van der Waals surface area contributed by atoms with E-state index in [1.54, 1.807) is 0 Å². The lowest BCUT2D eigenvalue weighted by molar-refractivity contribution is -0.140. The van der Waals surface area contributed by atoms with E-state index in [2.05, 4.69) is 36.6 Å². The molecule has 0 aromatic heterocycles. The quantitative estimate of drug-likeness (QED) is 0.626. The summed E-state index contributed by atoms with van der Waals surface area (Å²) in [5.41, 5.74) is 0. The van der Waals surface area contributed by atoms with Crippen molar-refractivity contribution in [1.82, 2.24) is 0 Å². The molecule has 3 nitrogen and oxygen atoms in total. The van der Waals surface area contributed by atoms with Crippen molar-refractivity contribution in [3.8, 4) is 5.75 Å².